The van der Waals surface area contributed by atoms with Crippen LogP contribution in [-0.4, -0.2) is 32.9 Å². The number of carbonyl (C=O) groups excluding carboxylic acids is 1. The molecule has 1 aliphatic rings. The van der Waals surface area contributed by atoms with E-state index in [-0.39, 0.29) is 11.7 Å². The molecule has 1 unspecified atom stereocenters. The summed E-state index contributed by atoms with van der Waals surface area (Å²) in [5.41, 5.74) is 3.63. The van der Waals surface area contributed by atoms with E-state index in [0.29, 0.717) is 34.2 Å². The number of carbonyl (C=O) groups is 1. The molecule has 0 saturated heterocycles. The molecule has 0 spiro atoms. The first-order chi connectivity index (χ1) is 14.0. The SMILES string of the molecule is COc1ccc(C2C(C(=O)Nc3ccc(C)cc3)=C(C)Nc3ncnn32)cc1O. The Hall–Kier alpha value is -3.81. The van der Waals surface area contributed by atoms with Gasteiger partial charge in [0, 0.05) is 11.4 Å². The van der Waals surface area contributed by atoms with E-state index >= 15 is 0 Å². The first-order valence-corrected chi connectivity index (χ1v) is 9.10. The number of rotatable bonds is 4. The number of aromatic nitrogens is 3. The molecule has 4 rings (SSSR count). The predicted octanol–water partition coefficient (Wildman–Crippen LogP) is 3.23. The number of hydrogen-bond acceptors (Lipinski definition) is 6. The summed E-state index contributed by atoms with van der Waals surface area (Å²) in [6.45, 7) is 3.81. The lowest BCUT2D eigenvalue weighted by Gasteiger charge is -2.29. The quantitative estimate of drug-likeness (QED) is 0.631. The summed E-state index contributed by atoms with van der Waals surface area (Å²) in [5.74, 6) is 0.601. The maximum atomic E-state index is 13.2. The Kier molecular flexibility index (Phi) is 4.67. The number of ether oxygens (including phenoxy) is 1. The lowest BCUT2D eigenvalue weighted by molar-refractivity contribution is -0.113. The number of phenols is 1. The van der Waals surface area contributed by atoms with Crippen LogP contribution in [0.5, 0.6) is 11.5 Å². The molecule has 29 heavy (non-hydrogen) atoms. The van der Waals surface area contributed by atoms with Gasteiger partial charge in [0.1, 0.15) is 12.4 Å². The fraction of sp³-hybridized carbons (Fsp3) is 0.190. The lowest BCUT2D eigenvalue weighted by atomic mass is 9.94. The zero-order valence-corrected chi connectivity index (χ0v) is 16.3. The van der Waals surface area contributed by atoms with Crippen molar-refractivity contribution in [2.24, 2.45) is 0 Å². The van der Waals surface area contributed by atoms with Crippen LogP contribution in [-0.2, 0) is 4.79 Å². The molecule has 1 atom stereocenters. The molecule has 8 nitrogen and oxygen atoms in total. The number of fused-ring (bicyclic) bond motifs is 1. The van der Waals surface area contributed by atoms with Crippen molar-refractivity contribution in [2.75, 3.05) is 17.7 Å². The maximum Gasteiger partial charge on any atom is 0.255 e. The smallest absolute Gasteiger partial charge is 0.255 e. The number of phenolic OH excluding ortho intramolecular Hbond substituents is 1. The first-order valence-electron chi connectivity index (χ1n) is 9.10. The van der Waals surface area contributed by atoms with E-state index in [2.05, 4.69) is 20.7 Å². The maximum absolute atomic E-state index is 13.2. The summed E-state index contributed by atoms with van der Waals surface area (Å²) < 4.78 is 6.76. The molecule has 3 aromatic rings. The van der Waals surface area contributed by atoms with Crippen molar-refractivity contribution >= 4 is 17.5 Å². The number of nitrogens with one attached hydrogen (secondary N) is 2. The third-order valence-corrected chi connectivity index (χ3v) is 4.87. The molecule has 3 N–H and O–H groups in total. The van der Waals surface area contributed by atoms with Gasteiger partial charge >= 0.3 is 0 Å². The number of benzene rings is 2. The number of allylic oxidation sites excluding steroid dienone is 1. The van der Waals surface area contributed by atoms with E-state index < -0.39 is 6.04 Å². The lowest BCUT2D eigenvalue weighted by Crippen LogP contribution is -2.31. The van der Waals surface area contributed by atoms with Crippen LogP contribution < -0.4 is 15.4 Å². The fourth-order valence-electron chi connectivity index (χ4n) is 3.41. The van der Waals surface area contributed by atoms with Gasteiger partial charge in [-0.05, 0) is 43.7 Å². The molecule has 1 amide bonds. The molecule has 1 aliphatic heterocycles. The summed E-state index contributed by atoms with van der Waals surface area (Å²) >= 11 is 0. The van der Waals surface area contributed by atoms with Gasteiger partial charge in [-0.15, -0.1) is 0 Å². The van der Waals surface area contributed by atoms with Gasteiger partial charge in [-0.25, -0.2) is 4.68 Å². The molecule has 148 valence electrons. The van der Waals surface area contributed by atoms with Crippen molar-refractivity contribution in [3.05, 3.63) is 71.2 Å². The number of aryl methyl sites for hydroxylation is 1. The second-order valence-corrected chi connectivity index (χ2v) is 6.85. The zero-order chi connectivity index (χ0) is 20.5. The summed E-state index contributed by atoms with van der Waals surface area (Å²) in [4.78, 5) is 17.4. The molecule has 8 heteroatoms. The van der Waals surface area contributed by atoms with Crippen LogP contribution in [0.1, 0.15) is 24.1 Å². The first kappa shape index (κ1) is 18.5. The average molecular weight is 391 g/mol. The van der Waals surface area contributed by atoms with Crippen LogP contribution in [0.25, 0.3) is 0 Å². The normalized spacial score (nSPS) is 15.5. The second-order valence-electron chi connectivity index (χ2n) is 6.85. The van der Waals surface area contributed by atoms with Gasteiger partial charge in [0.25, 0.3) is 5.91 Å². The van der Waals surface area contributed by atoms with Crippen LogP contribution in [0.2, 0.25) is 0 Å². The van der Waals surface area contributed by atoms with Gasteiger partial charge in [0.2, 0.25) is 5.95 Å². The van der Waals surface area contributed by atoms with Crippen LogP contribution in [0.4, 0.5) is 11.6 Å². The van der Waals surface area contributed by atoms with Crippen LogP contribution in [0.3, 0.4) is 0 Å². The highest BCUT2D eigenvalue weighted by Crippen LogP contribution is 2.38. The Morgan fingerprint density at radius 1 is 1.21 bits per heavy atom. The topological polar surface area (TPSA) is 101 Å². The van der Waals surface area contributed by atoms with E-state index in [1.165, 1.54) is 13.4 Å². The van der Waals surface area contributed by atoms with Crippen LogP contribution in [0, 0.1) is 6.92 Å². The van der Waals surface area contributed by atoms with Crippen molar-refractivity contribution in [2.45, 2.75) is 19.9 Å². The van der Waals surface area contributed by atoms with Gasteiger partial charge < -0.3 is 20.5 Å². The van der Waals surface area contributed by atoms with Crippen molar-refractivity contribution in [1.29, 1.82) is 0 Å². The highest BCUT2D eigenvalue weighted by molar-refractivity contribution is 6.06. The predicted molar refractivity (Wildman–Crippen MR) is 109 cm³/mol. The standard InChI is InChI=1S/C21H21N5O3/c1-12-4-7-15(8-5-12)25-20(28)18-13(2)24-21-22-11-23-26(21)19(18)14-6-9-17(29-3)16(27)10-14/h4-11,19,27H,1-3H3,(H,25,28)(H,22,23,24). The Labute approximate surface area is 167 Å². The minimum atomic E-state index is -0.559. The van der Waals surface area contributed by atoms with Crippen LogP contribution in [0.15, 0.2) is 60.1 Å². The Morgan fingerprint density at radius 2 is 1.97 bits per heavy atom. The molecular weight excluding hydrogens is 370 g/mol. The number of nitrogens with zero attached hydrogens (tertiary/aromatic N) is 3. The number of hydrogen-bond donors (Lipinski definition) is 3. The molecule has 0 fully saturated rings. The fourth-order valence-corrected chi connectivity index (χ4v) is 3.41. The van der Waals surface area contributed by atoms with E-state index in [9.17, 15) is 9.90 Å². The van der Waals surface area contributed by atoms with Crippen molar-refractivity contribution in [3.8, 4) is 11.5 Å². The average Bonchev–Trinajstić information content (AvgIpc) is 3.16. The van der Waals surface area contributed by atoms with E-state index in [1.54, 1.807) is 22.9 Å². The van der Waals surface area contributed by atoms with Gasteiger partial charge in [0.05, 0.1) is 12.7 Å². The van der Waals surface area contributed by atoms with Crippen molar-refractivity contribution in [1.82, 2.24) is 14.8 Å². The number of methoxy groups -OCH3 is 1. The molecule has 0 radical (unpaired) electrons. The molecule has 1 aromatic heterocycles. The minimum absolute atomic E-state index is 0.0128. The highest BCUT2D eigenvalue weighted by Gasteiger charge is 2.33. The second kappa shape index (κ2) is 7.31. The molecule has 0 saturated carbocycles. The highest BCUT2D eigenvalue weighted by atomic mass is 16.5. The van der Waals surface area contributed by atoms with E-state index in [0.717, 1.165) is 5.56 Å². The van der Waals surface area contributed by atoms with Gasteiger partial charge in [-0.2, -0.15) is 10.1 Å². The van der Waals surface area contributed by atoms with E-state index in [1.807, 2.05) is 38.1 Å². The molecule has 2 aromatic carbocycles. The summed E-state index contributed by atoms with van der Waals surface area (Å²) in [7, 11) is 1.49. The third kappa shape index (κ3) is 3.40. The van der Waals surface area contributed by atoms with Gasteiger partial charge in [-0.3, -0.25) is 4.79 Å². The van der Waals surface area contributed by atoms with Crippen molar-refractivity contribution < 1.29 is 14.6 Å². The van der Waals surface area contributed by atoms with Crippen molar-refractivity contribution in [3.63, 3.8) is 0 Å². The minimum Gasteiger partial charge on any atom is -0.504 e. The molecule has 0 bridgehead atoms. The summed E-state index contributed by atoms with van der Waals surface area (Å²) in [5, 5.41) is 20.6. The molecular formula is C21H21N5O3. The molecule has 0 aliphatic carbocycles. The largest absolute Gasteiger partial charge is 0.504 e. The van der Waals surface area contributed by atoms with Gasteiger partial charge in [-0.1, -0.05) is 23.8 Å². The van der Waals surface area contributed by atoms with Gasteiger partial charge in [0.15, 0.2) is 11.5 Å². The summed E-state index contributed by atoms with van der Waals surface area (Å²) in [6.07, 6.45) is 1.42. The summed E-state index contributed by atoms with van der Waals surface area (Å²) in [6, 6.07) is 12.1. The van der Waals surface area contributed by atoms with E-state index in [4.69, 9.17) is 4.74 Å². The van der Waals surface area contributed by atoms with Crippen LogP contribution >= 0.6 is 0 Å². The third-order valence-electron chi connectivity index (χ3n) is 4.87. The number of amides is 1. The number of aromatic hydroxyl groups is 1. The molecule has 2 heterocycles. The Balaban J connectivity index is 1.76. The Morgan fingerprint density at radius 3 is 2.66 bits per heavy atom. The number of anilines is 2. The zero-order valence-electron chi connectivity index (χ0n) is 16.3. The Bertz CT molecular complexity index is 1100. The monoisotopic (exact) mass is 391 g/mol.